The van der Waals surface area contributed by atoms with Crippen molar-refractivity contribution in [3.63, 3.8) is 0 Å². The van der Waals surface area contributed by atoms with Crippen LogP contribution in [0.1, 0.15) is 5.69 Å². The molecule has 0 saturated heterocycles. The molecule has 0 unspecified atom stereocenters. The van der Waals surface area contributed by atoms with Crippen molar-refractivity contribution in [2.45, 2.75) is 0 Å². The number of aromatic nitrogens is 2. The number of hydrazone groups is 1. The quantitative estimate of drug-likeness (QED) is 0.455. The van der Waals surface area contributed by atoms with Crippen LogP contribution in [0, 0.1) is 0 Å². The van der Waals surface area contributed by atoms with Crippen molar-refractivity contribution in [1.29, 1.82) is 0 Å². The molecule has 2 aromatic heterocycles. The van der Waals surface area contributed by atoms with Gasteiger partial charge in [-0.2, -0.15) is 5.10 Å². The first-order valence-electron chi connectivity index (χ1n) is 7.38. The highest BCUT2D eigenvalue weighted by Crippen LogP contribution is 2.15. The predicted octanol–water partition coefficient (Wildman–Crippen LogP) is 4.23. The number of benzene rings is 2. The number of anilines is 1. The van der Waals surface area contributed by atoms with Crippen LogP contribution in [0.4, 0.5) is 5.82 Å². The minimum Gasteiger partial charge on any atom is -0.261 e. The molecule has 0 amide bonds. The van der Waals surface area contributed by atoms with Crippen LogP contribution in [0.3, 0.4) is 0 Å². The Morgan fingerprint density at radius 2 is 1.61 bits per heavy atom. The Bertz CT molecular complexity index is 1010. The normalized spacial score (nSPS) is 11.3. The molecule has 0 spiro atoms. The molecule has 4 heteroatoms. The number of nitrogens with zero attached hydrogens (tertiary/aromatic N) is 3. The SMILES string of the molecule is C(=NNc1ccc2ccccc2n1)c1cc2ccccc2cn1. The molecule has 0 saturated carbocycles. The van der Waals surface area contributed by atoms with E-state index in [4.69, 9.17) is 0 Å². The topological polar surface area (TPSA) is 50.2 Å². The molecule has 2 heterocycles. The number of fused-ring (bicyclic) bond motifs is 2. The van der Waals surface area contributed by atoms with Crippen molar-refractivity contribution in [2.24, 2.45) is 5.10 Å². The van der Waals surface area contributed by atoms with Gasteiger partial charge in [0.2, 0.25) is 0 Å². The average molecular weight is 298 g/mol. The molecule has 110 valence electrons. The van der Waals surface area contributed by atoms with Crippen molar-refractivity contribution in [2.75, 3.05) is 5.43 Å². The monoisotopic (exact) mass is 298 g/mol. The summed E-state index contributed by atoms with van der Waals surface area (Å²) in [4.78, 5) is 8.89. The van der Waals surface area contributed by atoms with Gasteiger partial charge in [-0.3, -0.25) is 10.4 Å². The summed E-state index contributed by atoms with van der Waals surface area (Å²) in [6.07, 6.45) is 3.55. The van der Waals surface area contributed by atoms with Crippen LogP contribution in [-0.2, 0) is 0 Å². The average Bonchev–Trinajstić information content (AvgIpc) is 2.61. The number of para-hydroxylation sites is 1. The van der Waals surface area contributed by atoms with Gasteiger partial charge in [-0.25, -0.2) is 4.98 Å². The largest absolute Gasteiger partial charge is 0.261 e. The molecule has 4 aromatic rings. The zero-order chi connectivity index (χ0) is 15.5. The van der Waals surface area contributed by atoms with Gasteiger partial charge < -0.3 is 0 Å². The van der Waals surface area contributed by atoms with E-state index in [1.54, 1.807) is 6.21 Å². The first kappa shape index (κ1) is 13.4. The van der Waals surface area contributed by atoms with Crippen LogP contribution in [-0.4, -0.2) is 16.2 Å². The van der Waals surface area contributed by atoms with Gasteiger partial charge in [-0.15, -0.1) is 0 Å². The van der Waals surface area contributed by atoms with Crippen molar-refractivity contribution >= 4 is 33.7 Å². The smallest absolute Gasteiger partial charge is 0.146 e. The van der Waals surface area contributed by atoms with Gasteiger partial charge in [-0.1, -0.05) is 42.5 Å². The molecule has 0 aliphatic rings. The summed E-state index contributed by atoms with van der Waals surface area (Å²) in [5, 5.41) is 7.60. The number of hydrogen-bond donors (Lipinski definition) is 1. The number of pyridine rings is 2. The van der Waals surface area contributed by atoms with E-state index in [1.165, 1.54) is 0 Å². The Morgan fingerprint density at radius 3 is 2.52 bits per heavy atom. The van der Waals surface area contributed by atoms with Crippen LogP contribution in [0.2, 0.25) is 0 Å². The van der Waals surface area contributed by atoms with Gasteiger partial charge in [-0.05, 0) is 29.7 Å². The lowest BCUT2D eigenvalue weighted by Crippen LogP contribution is -1.95. The van der Waals surface area contributed by atoms with E-state index in [0.29, 0.717) is 5.82 Å². The zero-order valence-corrected chi connectivity index (χ0v) is 12.3. The fraction of sp³-hybridized carbons (Fsp3) is 0. The maximum absolute atomic E-state index is 4.51. The molecular weight excluding hydrogens is 284 g/mol. The Balaban J connectivity index is 1.55. The second-order valence-corrected chi connectivity index (χ2v) is 5.22. The lowest BCUT2D eigenvalue weighted by molar-refractivity contribution is 1.25. The highest BCUT2D eigenvalue weighted by Gasteiger charge is 1.97. The minimum atomic E-state index is 0.709. The van der Waals surface area contributed by atoms with E-state index in [9.17, 15) is 0 Å². The Morgan fingerprint density at radius 1 is 0.826 bits per heavy atom. The van der Waals surface area contributed by atoms with E-state index in [-0.39, 0.29) is 0 Å². The van der Waals surface area contributed by atoms with E-state index in [1.807, 2.05) is 66.9 Å². The Labute approximate surface area is 133 Å². The third-order valence-corrected chi connectivity index (χ3v) is 3.63. The first-order valence-corrected chi connectivity index (χ1v) is 7.38. The summed E-state index contributed by atoms with van der Waals surface area (Å²) in [5.74, 6) is 0.709. The van der Waals surface area contributed by atoms with E-state index in [0.717, 1.165) is 27.4 Å². The van der Waals surface area contributed by atoms with Gasteiger partial charge in [0.05, 0.1) is 17.4 Å². The summed E-state index contributed by atoms with van der Waals surface area (Å²) < 4.78 is 0. The van der Waals surface area contributed by atoms with Gasteiger partial charge in [0.25, 0.3) is 0 Å². The van der Waals surface area contributed by atoms with Gasteiger partial charge in [0, 0.05) is 17.0 Å². The minimum absolute atomic E-state index is 0.709. The lowest BCUT2D eigenvalue weighted by atomic mass is 10.1. The molecule has 23 heavy (non-hydrogen) atoms. The molecule has 0 aliphatic carbocycles. The molecule has 4 nitrogen and oxygen atoms in total. The number of rotatable bonds is 3. The number of nitrogens with one attached hydrogen (secondary N) is 1. The maximum Gasteiger partial charge on any atom is 0.146 e. The summed E-state index contributed by atoms with van der Waals surface area (Å²) in [6, 6.07) is 22.1. The van der Waals surface area contributed by atoms with Gasteiger partial charge in [0.15, 0.2) is 0 Å². The lowest BCUT2D eigenvalue weighted by Gasteiger charge is -2.02. The number of hydrogen-bond acceptors (Lipinski definition) is 4. The molecule has 2 aromatic carbocycles. The Hall–Kier alpha value is -3.27. The highest BCUT2D eigenvalue weighted by molar-refractivity contribution is 5.88. The molecule has 0 atom stereocenters. The van der Waals surface area contributed by atoms with E-state index >= 15 is 0 Å². The predicted molar refractivity (Wildman–Crippen MR) is 94.7 cm³/mol. The van der Waals surface area contributed by atoms with Crippen molar-refractivity contribution in [1.82, 2.24) is 9.97 Å². The molecule has 0 aliphatic heterocycles. The van der Waals surface area contributed by atoms with Crippen LogP contribution >= 0.6 is 0 Å². The third-order valence-electron chi connectivity index (χ3n) is 3.63. The van der Waals surface area contributed by atoms with Crippen molar-refractivity contribution in [3.05, 3.63) is 78.6 Å². The van der Waals surface area contributed by atoms with E-state index < -0.39 is 0 Å². The summed E-state index contributed by atoms with van der Waals surface area (Å²) >= 11 is 0. The van der Waals surface area contributed by atoms with Crippen LogP contribution in [0.5, 0.6) is 0 Å². The molecule has 0 fully saturated rings. The summed E-state index contributed by atoms with van der Waals surface area (Å²) in [7, 11) is 0. The first-order chi connectivity index (χ1) is 11.4. The summed E-state index contributed by atoms with van der Waals surface area (Å²) in [5.41, 5.74) is 4.70. The fourth-order valence-corrected chi connectivity index (χ4v) is 2.46. The fourth-order valence-electron chi connectivity index (χ4n) is 2.46. The zero-order valence-electron chi connectivity index (χ0n) is 12.3. The highest BCUT2D eigenvalue weighted by atomic mass is 15.3. The third kappa shape index (κ3) is 2.87. The summed E-state index contributed by atoms with van der Waals surface area (Å²) in [6.45, 7) is 0. The van der Waals surface area contributed by atoms with Crippen molar-refractivity contribution in [3.8, 4) is 0 Å². The molecule has 4 rings (SSSR count). The molecule has 0 radical (unpaired) electrons. The second kappa shape index (κ2) is 5.85. The van der Waals surface area contributed by atoms with Crippen LogP contribution in [0.15, 0.2) is 78.0 Å². The van der Waals surface area contributed by atoms with Gasteiger partial charge >= 0.3 is 0 Å². The second-order valence-electron chi connectivity index (χ2n) is 5.22. The van der Waals surface area contributed by atoms with E-state index in [2.05, 4.69) is 26.6 Å². The molecular formula is C19H14N4. The maximum atomic E-state index is 4.51. The molecule has 0 bridgehead atoms. The van der Waals surface area contributed by atoms with Gasteiger partial charge in [0.1, 0.15) is 5.82 Å². The molecule has 1 N–H and O–H groups in total. The van der Waals surface area contributed by atoms with Crippen LogP contribution < -0.4 is 5.43 Å². The standard InChI is InChI=1S/C19H14N4/c1-2-7-16-12-20-17(11-15(16)6-1)13-21-23-19-10-9-14-5-3-4-8-18(14)22-19/h1-13H,(H,22,23). The van der Waals surface area contributed by atoms with Crippen LogP contribution in [0.25, 0.3) is 21.7 Å². The van der Waals surface area contributed by atoms with Crippen molar-refractivity contribution < 1.29 is 0 Å². The Kier molecular flexibility index (Phi) is 3.41.